The number of hydrogen-bond donors (Lipinski definition) is 1. The van der Waals surface area contributed by atoms with Gasteiger partial charge in [-0.15, -0.1) is 10.2 Å². The van der Waals surface area contributed by atoms with Crippen LogP contribution in [0.25, 0.3) is 11.5 Å². The molecule has 2 amide bonds. The molecule has 1 heterocycles. The molecule has 0 atom stereocenters. The molecule has 0 saturated heterocycles. The number of halogens is 1. The summed E-state index contributed by atoms with van der Waals surface area (Å²) >= 11 is 6.99. The first-order valence-corrected chi connectivity index (χ1v) is 10.3. The van der Waals surface area contributed by atoms with E-state index in [2.05, 4.69) is 10.2 Å². The molecule has 30 heavy (non-hydrogen) atoms. The van der Waals surface area contributed by atoms with Crippen LogP contribution < -0.4 is 15.4 Å². The maximum Gasteiger partial charge on any atom is 0.277 e. The average molecular weight is 447 g/mol. The van der Waals surface area contributed by atoms with Crippen LogP contribution in [0.1, 0.15) is 6.42 Å². The van der Waals surface area contributed by atoms with Crippen LogP contribution in [0.2, 0.25) is 5.02 Å². The van der Waals surface area contributed by atoms with Crippen LogP contribution in [0.15, 0.2) is 58.2 Å². The van der Waals surface area contributed by atoms with Crippen LogP contribution in [0.4, 0.5) is 5.69 Å². The second kappa shape index (κ2) is 10.1. The molecule has 0 spiro atoms. The number of thioether (sulfide) groups is 1. The number of aromatic nitrogens is 2. The number of carbonyl (C=O) groups excluding carboxylic acids is 2. The fourth-order valence-corrected chi connectivity index (χ4v) is 3.40. The van der Waals surface area contributed by atoms with Gasteiger partial charge in [-0.25, -0.2) is 0 Å². The van der Waals surface area contributed by atoms with Crippen molar-refractivity contribution in [3.8, 4) is 17.2 Å². The van der Waals surface area contributed by atoms with Crippen LogP contribution >= 0.6 is 23.4 Å². The van der Waals surface area contributed by atoms with Gasteiger partial charge in [0, 0.05) is 23.6 Å². The maximum absolute atomic E-state index is 12.9. The van der Waals surface area contributed by atoms with Gasteiger partial charge in [-0.3, -0.25) is 9.59 Å². The lowest BCUT2D eigenvalue weighted by Gasteiger charge is -2.23. The number of carbonyl (C=O) groups is 2. The highest BCUT2D eigenvalue weighted by atomic mass is 35.5. The van der Waals surface area contributed by atoms with E-state index in [-0.39, 0.29) is 29.8 Å². The molecule has 10 heteroatoms. The Morgan fingerprint density at radius 1 is 1.17 bits per heavy atom. The third kappa shape index (κ3) is 5.52. The second-order valence-corrected chi connectivity index (χ2v) is 7.47. The summed E-state index contributed by atoms with van der Waals surface area (Å²) in [5, 5.41) is 8.82. The molecule has 2 aromatic carbocycles. The third-order valence-corrected chi connectivity index (χ3v) is 5.13. The van der Waals surface area contributed by atoms with Crippen molar-refractivity contribution in [1.29, 1.82) is 0 Å². The number of methoxy groups -OCH3 is 1. The van der Waals surface area contributed by atoms with E-state index in [1.165, 1.54) is 12.0 Å². The summed E-state index contributed by atoms with van der Waals surface area (Å²) in [6, 6.07) is 14.0. The number of anilines is 1. The number of hydrogen-bond acceptors (Lipinski definition) is 7. The molecule has 3 aromatic rings. The zero-order valence-electron chi connectivity index (χ0n) is 16.1. The molecule has 0 radical (unpaired) electrons. The average Bonchev–Trinajstić information content (AvgIpc) is 3.22. The van der Waals surface area contributed by atoms with E-state index >= 15 is 0 Å². The summed E-state index contributed by atoms with van der Waals surface area (Å²) in [6.45, 7) is 0.134. The van der Waals surface area contributed by atoms with Gasteiger partial charge in [0.2, 0.25) is 17.7 Å². The Morgan fingerprint density at radius 2 is 1.90 bits per heavy atom. The molecule has 156 valence electrons. The molecule has 1 aromatic heterocycles. The fourth-order valence-electron chi connectivity index (χ4n) is 2.63. The van der Waals surface area contributed by atoms with Crippen molar-refractivity contribution in [2.24, 2.45) is 5.73 Å². The molecule has 0 fully saturated rings. The number of nitrogens with zero attached hydrogens (tertiary/aromatic N) is 3. The van der Waals surface area contributed by atoms with E-state index in [0.29, 0.717) is 22.4 Å². The number of rotatable bonds is 9. The Balaban J connectivity index is 1.71. The lowest BCUT2D eigenvalue weighted by atomic mass is 10.2. The molecule has 0 unspecified atom stereocenters. The van der Waals surface area contributed by atoms with E-state index in [1.54, 1.807) is 48.5 Å². The quantitative estimate of drug-likeness (QED) is 0.501. The fraction of sp³-hybridized carbons (Fsp3) is 0.200. The Labute approximate surface area is 182 Å². The number of para-hydroxylation sites is 2. The van der Waals surface area contributed by atoms with Crippen LogP contribution in [-0.2, 0) is 9.59 Å². The van der Waals surface area contributed by atoms with E-state index < -0.39 is 5.91 Å². The van der Waals surface area contributed by atoms with Gasteiger partial charge in [-0.2, -0.15) is 0 Å². The Bertz CT molecular complexity index is 1030. The van der Waals surface area contributed by atoms with E-state index in [0.717, 1.165) is 17.3 Å². The molecule has 0 aliphatic carbocycles. The van der Waals surface area contributed by atoms with Crippen molar-refractivity contribution in [3.05, 3.63) is 53.6 Å². The topological polar surface area (TPSA) is 112 Å². The molecule has 0 saturated carbocycles. The van der Waals surface area contributed by atoms with Gasteiger partial charge < -0.3 is 19.8 Å². The minimum Gasteiger partial charge on any atom is -0.495 e. The van der Waals surface area contributed by atoms with E-state index in [4.69, 9.17) is 26.5 Å². The smallest absolute Gasteiger partial charge is 0.277 e. The van der Waals surface area contributed by atoms with Gasteiger partial charge in [-0.05, 0) is 36.4 Å². The zero-order chi connectivity index (χ0) is 21.5. The number of primary amides is 1. The predicted octanol–water partition coefficient (Wildman–Crippen LogP) is 3.40. The third-order valence-electron chi connectivity index (χ3n) is 4.08. The van der Waals surface area contributed by atoms with Crippen LogP contribution in [0.3, 0.4) is 0 Å². The molecule has 3 rings (SSSR count). The van der Waals surface area contributed by atoms with Crippen molar-refractivity contribution in [3.63, 3.8) is 0 Å². The number of ether oxygens (including phenoxy) is 1. The summed E-state index contributed by atoms with van der Waals surface area (Å²) in [5.41, 5.74) is 6.55. The van der Waals surface area contributed by atoms with Gasteiger partial charge in [-0.1, -0.05) is 35.5 Å². The lowest BCUT2D eigenvalue weighted by molar-refractivity contribution is -0.118. The Kier molecular flexibility index (Phi) is 7.31. The second-order valence-electron chi connectivity index (χ2n) is 6.10. The zero-order valence-corrected chi connectivity index (χ0v) is 17.7. The molecular formula is C20H19ClN4O4S. The molecule has 8 nitrogen and oxygen atoms in total. The summed E-state index contributed by atoms with van der Waals surface area (Å²) in [6.07, 6.45) is 0.0235. The highest BCUT2D eigenvalue weighted by molar-refractivity contribution is 7.99. The van der Waals surface area contributed by atoms with E-state index in [1.807, 2.05) is 0 Å². The van der Waals surface area contributed by atoms with Crippen molar-refractivity contribution < 1.29 is 18.7 Å². The summed E-state index contributed by atoms with van der Waals surface area (Å²) in [5.74, 6) is 0.121. The normalized spacial score (nSPS) is 10.6. The van der Waals surface area contributed by atoms with Crippen molar-refractivity contribution in [1.82, 2.24) is 10.2 Å². The van der Waals surface area contributed by atoms with Crippen LogP contribution in [-0.4, -0.2) is 41.4 Å². The van der Waals surface area contributed by atoms with Gasteiger partial charge in [0.25, 0.3) is 5.22 Å². The maximum atomic E-state index is 12.9. The molecule has 0 bridgehead atoms. The highest BCUT2D eigenvalue weighted by Gasteiger charge is 2.21. The summed E-state index contributed by atoms with van der Waals surface area (Å²) < 4.78 is 11.0. The summed E-state index contributed by atoms with van der Waals surface area (Å²) in [7, 11) is 1.51. The van der Waals surface area contributed by atoms with Crippen molar-refractivity contribution >= 4 is 40.9 Å². The molecule has 0 aliphatic rings. The number of nitrogens with two attached hydrogens (primary N) is 1. The molecule has 2 N–H and O–H groups in total. The minimum absolute atomic E-state index is 0.0235. The van der Waals surface area contributed by atoms with Crippen molar-refractivity contribution in [2.75, 3.05) is 24.3 Å². The van der Waals surface area contributed by atoms with Gasteiger partial charge >= 0.3 is 0 Å². The first-order chi connectivity index (χ1) is 14.5. The first-order valence-electron chi connectivity index (χ1n) is 8.92. The SMILES string of the molecule is COc1ccccc1N(CCC(N)=O)C(=O)CSc1nnc(-c2ccc(Cl)cc2)o1. The van der Waals surface area contributed by atoms with Crippen LogP contribution in [0.5, 0.6) is 5.75 Å². The number of benzene rings is 2. The minimum atomic E-state index is -0.500. The molecule has 0 aliphatic heterocycles. The lowest BCUT2D eigenvalue weighted by Crippen LogP contribution is -2.35. The largest absolute Gasteiger partial charge is 0.495 e. The predicted molar refractivity (Wildman–Crippen MR) is 115 cm³/mol. The molecular weight excluding hydrogens is 428 g/mol. The van der Waals surface area contributed by atoms with Crippen LogP contribution in [0, 0.1) is 0 Å². The van der Waals surface area contributed by atoms with E-state index in [9.17, 15) is 9.59 Å². The first kappa shape index (κ1) is 21.7. The summed E-state index contributed by atoms with van der Waals surface area (Å²) in [4.78, 5) is 25.6. The Hall–Kier alpha value is -3.04. The monoisotopic (exact) mass is 446 g/mol. The van der Waals surface area contributed by atoms with Gasteiger partial charge in [0.1, 0.15) is 5.75 Å². The number of amides is 2. The van der Waals surface area contributed by atoms with Gasteiger partial charge in [0.05, 0.1) is 18.6 Å². The van der Waals surface area contributed by atoms with Gasteiger partial charge in [0.15, 0.2) is 0 Å². The standard InChI is InChI=1S/C20H19ClN4O4S/c1-28-16-5-3-2-4-15(16)25(11-10-17(22)26)18(27)12-30-20-24-23-19(29-20)13-6-8-14(21)9-7-13/h2-9H,10-12H2,1H3,(H2,22,26). The highest BCUT2D eigenvalue weighted by Crippen LogP contribution is 2.30. The Morgan fingerprint density at radius 3 is 2.60 bits per heavy atom. The van der Waals surface area contributed by atoms with Crippen molar-refractivity contribution in [2.45, 2.75) is 11.6 Å².